The van der Waals surface area contributed by atoms with Crippen molar-refractivity contribution in [3.63, 3.8) is 0 Å². The normalized spacial score (nSPS) is 13.4. The molecule has 0 bridgehead atoms. The van der Waals surface area contributed by atoms with E-state index < -0.39 is 0 Å². The summed E-state index contributed by atoms with van der Waals surface area (Å²) in [6.45, 7) is 0. The molecule has 2 aromatic carbocycles. The van der Waals surface area contributed by atoms with Gasteiger partial charge in [-0.1, -0.05) is 23.7 Å². The molecule has 0 atom stereocenters. The summed E-state index contributed by atoms with van der Waals surface area (Å²) in [6.07, 6.45) is 1.58. The van der Waals surface area contributed by atoms with E-state index >= 15 is 0 Å². The smallest absolute Gasteiger partial charge is 0.187 e. The lowest BCUT2D eigenvalue weighted by molar-refractivity contribution is 0.104. The maximum Gasteiger partial charge on any atom is 0.187 e. The largest absolute Gasteiger partial charge is 0.507 e. The molecule has 0 heterocycles. The van der Waals surface area contributed by atoms with Crippen LogP contribution in [0.3, 0.4) is 0 Å². The number of carbonyl (C=O) groups is 1. The van der Waals surface area contributed by atoms with Crippen LogP contribution >= 0.6 is 27.5 Å². The number of carbonyl (C=O) groups excluding carboxylic acids is 1. The van der Waals surface area contributed by atoms with Crippen LogP contribution in [0.25, 0.3) is 5.57 Å². The third-order valence-corrected chi connectivity index (χ3v) is 3.96. The highest BCUT2D eigenvalue weighted by molar-refractivity contribution is 9.10. The minimum atomic E-state index is -0.0947. The topological polar surface area (TPSA) is 37.3 Å². The summed E-state index contributed by atoms with van der Waals surface area (Å²) < 4.78 is 0.570. The molecule has 0 amide bonds. The van der Waals surface area contributed by atoms with Crippen LogP contribution in [0.5, 0.6) is 5.75 Å². The maximum atomic E-state index is 12.0. The second-order valence-electron chi connectivity index (χ2n) is 4.28. The van der Waals surface area contributed by atoms with E-state index in [1.807, 2.05) is 12.1 Å². The molecule has 2 nitrogen and oxygen atoms in total. The zero-order chi connectivity index (χ0) is 13.6. The van der Waals surface area contributed by atoms with Gasteiger partial charge in [-0.2, -0.15) is 0 Å². The van der Waals surface area contributed by atoms with E-state index in [1.54, 1.807) is 24.3 Å². The van der Waals surface area contributed by atoms with Gasteiger partial charge in [0.1, 0.15) is 5.75 Å². The summed E-state index contributed by atoms with van der Waals surface area (Å²) in [4.78, 5) is 12.0. The average molecular weight is 336 g/mol. The van der Waals surface area contributed by atoms with E-state index in [0.29, 0.717) is 15.1 Å². The Kier molecular flexibility index (Phi) is 2.96. The van der Waals surface area contributed by atoms with Gasteiger partial charge in [0.25, 0.3) is 0 Å². The fourth-order valence-corrected chi connectivity index (χ4v) is 2.61. The van der Waals surface area contributed by atoms with Gasteiger partial charge in [-0.3, -0.25) is 4.79 Å². The van der Waals surface area contributed by atoms with Gasteiger partial charge in [0.15, 0.2) is 5.78 Å². The molecule has 0 fully saturated rings. The van der Waals surface area contributed by atoms with Gasteiger partial charge in [0.05, 0.1) is 4.47 Å². The predicted molar refractivity (Wildman–Crippen MR) is 78.7 cm³/mol. The Bertz CT molecular complexity index is 718. The first-order chi connectivity index (χ1) is 9.06. The van der Waals surface area contributed by atoms with Crippen molar-refractivity contribution in [2.75, 3.05) is 0 Å². The molecular weight excluding hydrogens is 328 g/mol. The molecule has 0 spiro atoms. The van der Waals surface area contributed by atoms with Gasteiger partial charge < -0.3 is 5.11 Å². The minimum Gasteiger partial charge on any atom is -0.507 e. The van der Waals surface area contributed by atoms with Crippen molar-refractivity contribution in [3.05, 3.63) is 68.7 Å². The van der Waals surface area contributed by atoms with Crippen molar-refractivity contribution >= 4 is 38.9 Å². The molecule has 2 aromatic rings. The number of hydrogen-bond acceptors (Lipinski definition) is 2. The van der Waals surface area contributed by atoms with Gasteiger partial charge in [-0.15, -0.1) is 0 Å². The molecule has 1 N–H and O–H groups in total. The molecule has 94 valence electrons. The van der Waals surface area contributed by atoms with E-state index in [2.05, 4.69) is 15.9 Å². The molecule has 19 heavy (non-hydrogen) atoms. The Morgan fingerprint density at radius 3 is 2.42 bits per heavy atom. The quantitative estimate of drug-likeness (QED) is 0.836. The summed E-state index contributed by atoms with van der Waals surface area (Å²) in [5.74, 6) is -0.0272. The number of fused-ring (bicyclic) bond motifs is 1. The SMILES string of the molecule is O=C1C=C(c2ccc(Cl)cc2)c2cc(Br)c(O)cc21. The number of aromatic hydroxyl groups is 1. The molecule has 0 saturated carbocycles. The first kappa shape index (κ1) is 12.5. The summed E-state index contributed by atoms with van der Waals surface area (Å²) in [7, 11) is 0. The highest BCUT2D eigenvalue weighted by atomic mass is 79.9. The Morgan fingerprint density at radius 2 is 1.74 bits per heavy atom. The monoisotopic (exact) mass is 334 g/mol. The van der Waals surface area contributed by atoms with Crippen molar-refractivity contribution in [1.82, 2.24) is 0 Å². The lowest BCUT2D eigenvalue weighted by Gasteiger charge is -2.07. The Balaban J connectivity index is 2.17. The van der Waals surface area contributed by atoms with Gasteiger partial charge in [0.2, 0.25) is 0 Å². The number of phenols is 1. The molecule has 0 aliphatic heterocycles. The van der Waals surface area contributed by atoms with Crippen LogP contribution in [0.1, 0.15) is 21.5 Å². The third kappa shape index (κ3) is 2.09. The van der Waals surface area contributed by atoms with Gasteiger partial charge >= 0.3 is 0 Å². The van der Waals surface area contributed by atoms with Gasteiger partial charge in [0, 0.05) is 10.6 Å². The lowest BCUT2D eigenvalue weighted by atomic mass is 9.99. The van der Waals surface area contributed by atoms with E-state index in [-0.39, 0.29) is 11.5 Å². The van der Waals surface area contributed by atoms with Crippen LogP contribution in [-0.2, 0) is 0 Å². The first-order valence-corrected chi connectivity index (χ1v) is 6.78. The van der Waals surface area contributed by atoms with Crippen LogP contribution in [0.15, 0.2) is 46.9 Å². The van der Waals surface area contributed by atoms with E-state index in [0.717, 1.165) is 16.7 Å². The molecule has 0 unspecified atom stereocenters. The van der Waals surface area contributed by atoms with Crippen molar-refractivity contribution in [3.8, 4) is 5.75 Å². The third-order valence-electron chi connectivity index (χ3n) is 3.07. The zero-order valence-corrected chi connectivity index (χ0v) is 12.0. The average Bonchev–Trinajstić information content (AvgIpc) is 2.69. The molecule has 0 saturated heterocycles. The fourth-order valence-electron chi connectivity index (χ4n) is 2.14. The molecule has 0 radical (unpaired) electrons. The summed E-state index contributed by atoms with van der Waals surface area (Å²) in [6, 6.07) is 10.6. The second kappa shape index (κ2) is 4.51. The minimum absolute atomic E-state index is 0.0675. The number of benzene rings is 2. The van der Waals surface area contributed by atoms with Crippen LogP contribution in [-0.4, -0.2) is 10.9 Å². The number of allylic oxidation sites excluding steroid dienone is 1. The Labute approximate surface area is 123 Å². The van der Waals surface area contributed by atoms with Gasteiger partial charge in [-0.05, 0) is 63.0 Å². The number of rotatable bonds is 1. The van der Waals surface area contributed by atoms with Crippen molar-refractivity contribution in [1.29, 1.82) is 0 Å². The van der Waals surface area contributed by atoms with E-state index in [4.69, 9.17) is 11.6 Å². The number of halogens is 2. The van der Waals surface area contributed by atoms with E-state index in [9.17, 15) is 9.90 Å². The van der Waals surface area contributed by atoms with Crippen LogP contribution in [0.2, 0.25) is 5.02 Å². The van der Waals surface area contributed by atoms with Gasteiger partial charge in [-0.25, -0.2) is 0 Å². The van der Waals surface area contributed by atoms with Crippen molar-refractivity contribution < 1.29 is 9.90 Å². The van der Waals surface area contributed by atoms with E-state index in [1.165, 1.54) is 6.07 Å². The number of hydrogen-bond donors (Lipinski definition) is 1. The molecular formula is C15H8BrClO2. The number of ketones is 1. The first-order valence-electron chi connectivity index (χ1n) is 5.61. The summed E-state index contributed by atoms with van der Waals surface area (Å²) >= 11 is 9.14. The Hall–Kier alpha value is -1.58. The molecule has 0 aromatic heterocycles. The molecule has 4 heteroatoms. The van der Waals surface area contributed by atoms with Crippen LogP contribution < -0.4 is 0 Å². The molecule has 3 rings (SSSR count). The highest BCUT2D eigenvalue weighted by Crippen LogP contribution is 2.38. The lowest BCUT2D eigenvalue weighted by Crippen LogP contribution is -1.92. The summed E-state index contributed by atoms with van der Waals surface area (Å²) in [5.41, 5.74) is 3.11. The van der Waals surface area contributed by atoms with Crippen LogP contribution in [0.4, 0.5) is 0 Å². The molecule has 1 aliphatic rings. The summed E-state index contributed by atoms with van der Waals surface area (Å²) in [5, 5.41) is 10.3. The second-order valence-corrected chi connectivity index (χ2v) is 5.57. The zero-order valence-electron chi connectivity index (χ0n) is 9.65. The van der Waals surface area contributed by atoms with Crippen molar-refractivity contribution in [2.45, 2.75) is 0 Å². The Morgan fingerprint density at radius 1 is 1.05 bits per heavy atom. The van der Waals surface area contributed by atoms with Crippen LogP contribution in [0, 0.1) is 0 Å². The highest BCUT2D eigenvalue weighted by Gasteiger charge is 2.23. The number of phenolic OH excluding ortho intramolecular Hbond substituents is 1. The fraction of sp³-hybridized carbons (Fsp3) is 0. The standard InChI is InChI=1S/C15H8BrClO2/c16-13-5-11-10(8-1-3-9(17)4-2-8)6-14(18)12(11)7-15(13)19/h1-7,19H. The molecule has 1 aliphatic carbocycles. The predicted octanol–water partition coefficient (Wildman–Crippen LogP) is 4.44. The van der Waals surface area contributed by atoms with Crippen molar-refractivity contribution in [2.24, 2.45) is 0 Å². The maximum absolute atomic E-state index is 12.0.